The highest BCUT2D eigenvalue weighted by molar-refractivity contribution is 5.40. The fraction of sp³-hybridized carbons (Fsp3) is 0.769. The van der Waals surface area contributed by atoms with Crippen LogP contribution in [0.5, 0.6) is 0 Å². The van der Waals surface area contributed by atoms with Crippen molar-refractivity contribution >= 4 is 5.82 Å². The summed E-state index contributed by atoms with van der Waals surface area (Å²) in [7, 11) is 0. The van der Waals surface area contributed by atoms with Gasteiger partial charge in [-0.3, -0.25) is 0 Å². The first-order chi connectivity index (χ1) is 7.63. The molecule has 0 bridgehead atoms. The van der Waals surface area contributed by atoms with Crippen molar-refractivity contribution in [3.05, 3.63) is 11.5 Å². The molecule has 1 heterocycles. The Hall–Kier alpha value is -0.990. The van der Waals surface area contributed by atoms with E-state index >= 15 is 0 Å². The molecular formula is C13H23N3. The first-order valence-corrected chi connectivity index (χ1v) is 6.46. The van der Waals surface area contributed by atoms with E-state index in [0.29, 0.717) is 5.92 Å². The van der Waals surface area contributed by atoms with Crippen LogP contribution >= 0.6 is 0 Å². The Labute approximate surface area is 98.1 Å². The van der Waals surface area contributed by atoms with E-state index in [1.165, 1.54) is 25.7 Å². The molecule has 2 N–H and O–H groups in total. The molecule has 0 unspecified atom stereocenters. The number of imidazole rings is 1. The summed E-state index contributed by atoms with van der Waals surface area (Å²) in [5.41, 5.74) is 7.34. The van der Waals surface area contributed by atoms with Gasteiger partial charge >= 0.3 is 0 Å². The highest BCUT2D eigenvalue weighted by Gasteiger charge is 2.24. The minimum atomic E-state index is 0.600. The fourth-order valence-corrected chi connectivity index (χ4v) is 2.84. The third kappa shape index (κ3) is 1.95. The predicted molar refractivity (Wildman–Crippen MR) is 67.4 cm³/mol. The van der Waals surface area contributed by atoms with Crippen molar-refractivity contribution < 1.29 is 0 Å². The number of hydrogen-bond acceptors (Lipinski definition) is 2. The maximum atomic E-state index is 6.18. The van der Waals surface area contributed by atoms with Crippen molar-refractivity contribution in [2.45, 2.75) is 58.9 Å². The molecule has 1 aromatic rings. The molecule has 3 nitrogen and oxygen atoms in total. The third-order valence-corrected chi connectivity index (χ3v) is 3.94. The molecule has 1 aliphatic carbocycles. The van der Waals surface area contributed by atoms with E-state index in [2.05, 4.69) is 30.3 Å². The van der Waals surface area contributed by atoms with Gasteiger partial charge in [-0.1, -0.05) is 19.8 Å². The van der Waals surface area contributed by atoms with Crippen LogP contribution in [0.1, 0.15) is 57.0 Å². The number of nitrogen functional groups attached to an aromatic ring is 1. The average molecular weight is 221 g/mol. The van der Waals surface area contributed by atoms with Gasteiger partial charge in [-0.25, -0.2) is 4.98 Å². The lowest BCUT2D eigenvalue weighted by molar-refractivity contribution is 0.345. The van der Waals surface area contributed by atoms with E-state index in [9.17, 15) is 0 Å². The number of nitrogens with zero attached hydrogens (tertiary/aromatic N) is 2. The molecule has 0 atom stereocenters. The summed E-state index contributed by atoms with van der Waals surface area (Å²) in [6, 6.07) is 0. The van der Waals surface area contributed by atoms with E-state index in [1.807, 2.05) is 0 Å². The second-order valence-corrected chi connectivity index (χ2v) is 5.13. The summed E-state index contributed by atoms with van der Waals surface area (Å²) in [6.07, 6.45) is 5.15. The van der Waals surface area contributed by atoms with Crippen LogP contribution in [0.3, 0.4) is 0 Å². The zero-order chi connectivity index (χ0) is 11.7. The molecule has 0 saturated heterocycles. The van der Waals surface area contributed by atoms with E-state index in [1.54, 1.807) is 0 Å². The van der Waals surface area contributed by atoms with Gasteiger partial charge in [-0.2, -0.15) is 0 Å². The summed E-state index contributed by atoms with van der Waals surface area (Å²) in [5.74, 6) is 3.45. The molecule has 1 saturated carbocycles. The van der Waals surface area contributed by atoms with Crippen molar-refractivity contribution in [2.75, 3.05) is 5.73 Å². The first kappa shape index (κ1) is 11.5. The Kier molecular flexibility index (Phi) is 3.22. The van der Waals surface area contributed by atoms with Gasteiger partial charge in [0.15, 0.2) is 0 Å². The average Bonchev–Trinajstić information content (AvgIpc) is 2.55. The zero-order valence-electron chi connectivity index (χ0n) is 10.7. The van der Waals surface area contributed by atoms with Gasteiger partial charge in [0.25, 0.3) is 0 Å². The van der Waals surface area contributed by atoms with Crippen LogP contribution in [0, 0.1) is 12.8 Å². The molecule has 0 spiro atoms. The lowest BCUT2D eigenvalue weighted by Gasteiger charge is -2.25. The summed E-state index contributed by atoms with van der Waals surface area (Å²) < 4.78 is 2.12. The molecular weight excluding hydrogens is 198 g/mol. The van der Waals surface area contributed by atoms with E-state index in [4.69, 9.17) is 5.73 Å². The Bertz CT molecular complexity index is 359. The van der Waals surface area contributed by atoms with Gasteiger partial charge in [0.05, 0.1) is 5.69 Å². The van der Waals surface area contributed by atoms with Crippen LogP contribution < -0.4 is 5.73 Å². The van der Waals surface area contributed by atoms with Crippen molar-refractivity contribution in [1.29, 1.82) is 0 Å². The monoisotopic (exact) mass is 221 g/mol. The highest BCUT2D eigenvalue weighted by atomic mass is 15.1. The SMILES string of the molecule is CCn1c(C)nc(C2CCC(C)CC2)c1N. The largest absolute Gasteiger partial charge is 0.384 e. The van der Waals surface area contributed by atoms with Crippen LogP contribution in [-0.4, -0.2) is 9.55 Å². The van der Waals surface area contributed by atoms with Crippen molar-refractivity contribution in [3.63, 3.8) is 0 Å². The molecule has 16 heavy (non-hydrogen) atoms. The maximum absolute atomic E-state index is 6.18. The second-order valence-electron chi connectivity index (χ2n) is 5.13. The van der Waals surface area contributed by atoms with Gasteiger partial charge < -0.3 is 10.3 Å². The summed E-state index contributed by atoms with van der Waals surface area (Å²) in [6.45, 7) is 7.44. The van der Waals surface area contributed by atoms with Gasteiger partial charge in [0, 0.05) is 12.5 Å². The molecule has 0 aromatic carbocycles. The molecule has 3 heteroatoms. The summed E-state index contributed by atoms with van der Waals surface area (Å²) in [4.78, 5) is 4.67. The first-order valence-electron chi connectivity index (χ1n) is 6.46. The lowest BCUT2D eigenvalue weighted by atomic mass is 9.81. The molecule has 0 amide bonds. The quantitative estimate of drug-likeness (QED) is 0.834. The van der Waals surface area contributed by atoms with Crippen LogP contribution in [-0.2, 0) is 6.54 Å². The Morgan fingerprint density at radius 3 is 2.44 bits per heavy atom. The number of aromatic nitrogens is 2. The van der Waals surface area contributed by atoms with E-state index < -0.39 is 0 Å². The topological polar surface area (TPSA) is 43.8 Å². The van der Waals surface area contributed by atoms with Crippen molar-refractivity contribution in [1.82, 2.24) is 9.55 Å². The Balaban J connectivity index is 2.21. The third-order valence-electron chi connectivity index (χ3n) is 3.94. The molecule has 90 valence electrons. The van der Waals surface area contributed by atoms with Crippen LogP contribution in [0.2, 0.25) is 0 Å². The number of anilines is 1. The van der Waals surface area contributed by atoms with Gasteiger partial charge in [0.2, 0.25) is 0 Å². The molecule has 1 aliphatic rings. The summed E-state index contributed by atoms with van der Waals surface area (Å²) >= 11 is 0. The lowest BCUT2D eigenvalue weighted by Crippen LogP contribution is -2.13. The normalized spacial score (nSPS) is 25.9. The van der Waals surface area contributed by atoms with Crippen LogP contribution in [0.4, 0.5) is 5.82 Å². The van der Waals surface area contributed by atoms with E-state index in [-0.39, 0.29) is 0 Å². The van der Waals surface area contributed by atoms with Crippen molar-refractivity contribution in [3.8, 4) is 0 Å². The number of aryl methyl sites for hydroxylation is 1. The van der Waals surface area contributed by atoms with Crippen LogP contribution in [0.25, 0.3) is 0 Å². The second kappa shape index (κ2) is 4.48. The molecule has 0 radical (unpaired) electrons. The number of nitrogens with two attached hydrogens (primary N) is 1. The maximum Gasteiger partial charge on any atom is 0.127 e. The fourth-order valence-electron chi connectivity index (χ4n) is 2.84. The molecule has 0 aliphatic heterocycles. The minimum Gasteiger partial charge on any atom is -0.384 e. The van der Waals surface area contributed by atoms with Gasteiger partial charge in [-0.15, -0.1) is 0 Å². The highest BCUT2D eigenvalue weighted by Crippen LogP contribution is 2.37. The van der Waals surface area contributed by atoms with Gasteiger partial charge in [-0.05, 0) is 32.6 Å². The van der Waals surface area contributed by atoms with E-state index in [0.717, 1.165) is 29.8 Å². The standard InChI is InChI=1S/C13H23N3/c1-4-16-10(3)15-12(13(16)14)11-7-5-9(2)6-8-11/h9,11H,4-8,14H2,1-3H3. The minimum absolute atomic E-state index is 0.600. The summed E-state index contributed by atoms with van der Waals surface area (Å²) in [5, 5.41) is 0. The van der Waals surface area contributed by atoms with Gasteiger partial charge in [0.1, 0.15) is 11.6 Å². The number of rotatable bonds is 2. The smallest absolute Gasteiger partial charge is 0.127 e. The molecule has 1 aromatic heterocycles. The Morgan fingerprint density at radius 1 is 1.31 bits per heavy atom. The Morgan fingerprint density at radius 2 is 1.94 bits per heavy atom. The molecule has 1 fully saturated rings. The molecule has 2 rings (SSSR count). The van der Waals surface area contributed by atoms with Crippen LogP contribution in [0.15, 0.2) is 0 Å². The number of hydrogen-bond donors (Lipinski definition) is 1. The zero-order valence-corrected chi connectivity index (χ0v) is 10.7. The van der Waals surface area contributed by atoms with Crippen molar-refractivity contribution in [2.24, 2.45) is 5.92 Å². The predicted octanol–water partition coefficient (Wildman–Crippen LogP) is 3.09.